The van der Waals surface area contributed by atoms with Crippen LogP contribution < -0.4 is 5.56 Å². The van der Waals surface area contributed by atoms with E-state index in [1.807, 2.05) is 18.2 Å². The van der Waals surface area contributed by atoms with Gasteiger partial charge in [0, 0.05) is 12.7 Å². The smallest absolute Gasteiger partial charge is 0.339 e. The predicted octanol–water partition coefficient (Wildman–Crippen LogP) is 1.08. The normalized spacial score (nSPS) is 12.2. The van der Waals surface area contributed by atoms with Gasteiger partial charge in [-0.15, -0.1) is 0 Å². The Bertz CT molecular complexity index is 700. The lowest BCUT2D eigenvalue weighted by Gasteiger charge is -2.08. The van der Waals surface area contributed by atoms with E-state index >= 15 is 0 Å². The van der Waals surface area contributed by atoms with Crippen LogP contribution in [0.1, 0.15) is 24.3 Å². The molecule has 0 aliphatic rings. The second-order valence-electron chi connectivity index (χ2n) is 4.63. The molecule has 1 atom stereocenters. The fourth-order valence-electron chi connectivity index (χ4n) is 2.24. The molecular formula is C15H18N2O4. The van der Waals surface area contributed by atoms with E-state index in [0.29, 0.717) is 11.4 Å². The molecule has 1 unspecified atom stereocenters. The highest BCUT2D eigenvalue weighted by Gasteiger charge is 2.28. The van der Waals surface area contributed by atoms with Crippen LogP contribution in [-0.4, -0.2) is 27.0 Å². The minimum atomic E-state index is -1.58. The number of ether oxygens (including phenoxy) is 1. The Balaban J connectivity index is 2.56. The summed E-state index contributed by atoms with van der Waals surface area (Å²) in [5.74, 6) is -0.816. The first kappa shape index (κ1) is 15.1. The summed E-state index contributed by atoms with van der Waals surface area (Å²) in [6.07, 6.45) is -1.58. The minimum absolute atomic E-state index is 0.0415. The van der Waals surface area contributed by atoms with Crippen molar-refractivity contribution in [2.24, 2.45) is 7.05 Å². The molecule has 6 heteroatoms. The van der Waals surface area contributed by atoms with Gasteiger partial charge < -0.3 is 9.84 Å². The van der Waals surface area contributed by atoms with Crippen molar-refractivity contribution in [3.05, 3.63) is 51.9 Å². The van der Waals surface area contributed by atoms with Crippen molar-refractivity contribution in [2.75, 3.05) is 6.61 Å². The highest BCUT2D eigenvalue weighted by Crippen LogP contribution is 2.17. The van der Waals surface area contributed by atoms with Gasteiger partial charge >= 0.3 is 5.97 Å². The summed E-state index contributed by atoms with van der Waals surface area (Å²) >= 11 is 0. The molecule has 0 radical (unpaired) electrons. The van der Waals surface area contributed by atoms with Gasteiger partial charge in [0.2, 0.25) is 0 Å². The number of benzene rings is 1. The first-order valence-electron chi connectivity index (χ1n) is 6.67. The van der Waals surface area contributed by atoms with Crippen LogP contribution in [0.15, 0.2) is 35.1 Å². The number of rotatable bonds is 4. The molecule has 0 bridgehead atoms. The highest BCUT2D eigenvalue weighted by atomic mass is 16.5. The van der Waals surface area contributed by atoms with Crippen molar-refractivity contribution in [2.45, 2.75) is 20.0 Å². The molecule has 0 fully saturated rings. The van der Waals surface area contributed by atoms with Gasteiger partial charge in [-0.05, 0) is 26.0 Å². The molecule has 1 aromatic carbocycles. The van der Waals surface area contributed by atoms with E-state index in [4.69, 9.17) is 4.74 Å². The van der Waals surface area contributed by atoms with Crippen molar-refractivity contribution in [3.63, 3.8) is 0 Å². The van der Waals surface area contributed by atoms with Crippen LogP contribution >= 0.6 is 0 Å². The minimum Gasteiger partial charge on any atom is -0.464 e. The Morgan fingerprint density at radius 2 is 1.95 bits per heavy atom. The average molecular weight is 290 g/mol. The summed E-state index contributed by atoms with van der Waals surface area (Å²) in [6.45, 7) is 3.47. The molecule has 0 aliphatic heterocycles. The van der Waals surface area contributed by atoms with E-state index in [-0.39, 0.29) is 12.2 Å². The Hall–Kier alpha value is -2.34. The summed E-state index contributed by atoms with van der Waals surface area (Å²) in [6, 6.07) is 9.03. The number of hydrogen-bond donors (Lipinski definition) is 1. The molecule has 21 heavy (non-hydrogen) atoms. The fraction of sp³-hybridized carbons (Fsp3) is 0.333. The zero-order valence-electron chi connectivity index (χ0n) is 12.2. The molecule has 1 aromatic heterocycles. The number of esters is 1. The van der Waals surface area contributed by atoms with Gasteiger partial charge in [0.05, 0.1) is 17.9 Å². The number of aliphatic hydroxyl groups is 1. The number of carbonyl (C=O) groups excluding carboxylic acids is 1. The van der Waals surface area contributed by atoms with Crippen LogP contribution in [0.25, 0.3) is 5.69 Å². The standard InChI is InChI=1S/C15H18N2O4/c1-4-21-15(20)13(18)12-10(2)16(3)17(14(12)19)11-8-6-5-7-9-11/h5-9,13,18H,4H2,1-3H3. The Morgan fingerprint density at radius 3 is 2.52 bits per heavy atom. The highest BCUT2D eigenvalue weighted by molar-refractivity contribution is 5.76. The van der Waals surface area contributed by atoms with Crippen molar-refractivity contribution < 1.29 is 14.6 Å². The van der Waals surface area contributed by atoms with Crippen LogP contribution in [-0.2, 0) is 16.6 Å². The number of nitrogens with zero attached hydrogens (tertiary/aromatic N) is 2. The third-order valence-electron chi connectivity index (χ3n) is 3.38. The van der Waals surface area contributed by atoms with E-state index in [2.05, 4.69) is 0 Å². The third-order valence-corrected chi connectivity index (χ3v) is 3.38. The molecular weight excluding hydrogens is 272 g/mol. The van der Waals surface area contributed by atoms with Gasteiger partial charge in [0.25, 0.3) is 5.56 Å². The van der Waals surface area contributed by atoms with Gasteiger partial charge in [-0.25, -0.2) is 9.48 Å². The number of aromatic nitrogens is 2. The van der Waals surface area contributed by atoms with Crippen LogP contribution in [0.2, 0.25) is 0 Å². The van der Waals surface area contributed by atoms with Crippen LogP contribution in [0.4, 0.5) is 0 Å². The third kappa shape index (κ3) is 2.62. The molecule has 112 valence electrons. The van der Waals surface area contributed by atoms with Crippen molar-refractivity contribution >= 4 is 5.97 Å². The number of para-hydroxylation sites is 1. The van der Waals surface area contributed by atoms with Crippen molar-refractivity contribution in [1.82, 2.24) is 9.36 Å². The summed E-state index contributed by atoms with van der Waals surface area (Å²) in [5, 5.41) is 10.1. The van der Waals surface area contributed by atoms with E-state index in [1.165, 1.54) is 4.68 Å². The largest absolute Gasteiger partial charge is 0.464 e. The molecule has 1 N–H and O–H groups in total. The fourth-order valence-corrected chi connectivity index (χ4v) is 2.24. The van der Waals surface area contributed by atoms with Crippen LogP contribution in [0.3, 0.4) is 0 Å². The van der Waals surface area contributed by atoms with Crippen LogP contribution in [0, 0.1) is 6.92 Å². The van der Waals surface area contributed by atoms with E-state index in [9.17, 15) is 14.7 Å². The second-order valence-corrected chi connectivity index (χ2v) is 4.63. The first-order chi connectivity index (χ1) is 9.99. The van der Waals surface area contributed by atoms with Gasteiger partial charge in [-0.3, -0.25) is 9.48 Å². The predicted molar refractivity (Wildman–Crippen MR) is 77.3 cm³/mol. The van der Waals surface area contributed by atoms with Gasteiger partial charge in [0.1, 0.15) is 0 Å². The number of carbonyl (C=O) groups is 1. The molecule has 1 heterocycles. The van der Waals surface area contributed by atoms with Crippen molar-refractivity contribution in [1.29, 1.82) is 0 Å². The molecule has 2 rings (SSSR count). The molecule has 0 saturated carbocycles. The maximum Gasteiger partial charge on any atom is 0.339 e. The first-order valence-corrected chi connectivity index (χ1v) is 6.67. The molecule has 0 spiro atoms. The summed E-state index contributed by atoms with van der Waals surface area (Å²) < 4.78 is 7.79. The lowest BCUT2D eigenvalue weighted by Crippen LogP contribution is -2.25. The molecule has 0 aliphatic carbocycles. The number of aliphatic hydroxyl groups excluding tert-OH is 1. The Morgan fingerprint density at radius 1 is 1.33 bits per heavy atom. The van der Waals surface area contributed by atoms with Gasteiger partial charge in [-0.2, -0.15) is 0 Å². The van der Waals surface area contributed by atoms with E-state index in [0.717, 1.165) is 0 Å². The maximum atomic E-state index is 12.5. The summed E-state index contributed by atoms with van der Waals surface area (Å²) in [7, 11) is 1.70. The van der Waals surface area contributed by atoms with Gasteiger partial charge in [0.15, 0.2) is 6.10 Å². The summed E-state index contributed by atoms with van der Waals surface area (Å²) in [4.78, 5) is 24.2. The van der Waals surface area contributed by atoms with E-state index < -0.39 is 17.6 Å². The zero-order chi connectivity index (χ0) is 15.6. The molecule has 2 aromatic rings. The topological polar surface area (TPSA) is 73.5 Å². The Labute approximate surface area is 122 Å². The SMILES string of the molecule is CCOC(=O)C(O)c1c(C)n(C)n(-c2ccccc2)c1=O. The van der Waals surface area contributed by atoms with Gasteiger partial charge in [-0.1, -0.05) is 18.2 Å². The molecule has 6 nitrogen and oxygen atoms in total. The number of hydrogen-bond acceptors (Lipinski definition) is 4. The molecule has 0 saturated heterocycles. The summed E-state index contributed by atoms with van der Waals surface area (Å²) in [5.41, 5.74) is 0.793. The zero-order valence-corrected chi connectivity index (χ0v) is 12.2. The quantitative estimate of drug-likeness (QED) is 0.855. The van der Waals surface area contributed by atoms with Crippen molar-refractivity contribution in [3.8, 4) is 5.69 Å². The lowest BCUT2D eigenvalue weighted by molar-refractivity contribution is -0.153. The second kappa shape index (κ2) is 5.97. The average Bonchev–Trinajstić information content (AvgIpc) is 2.70. The Kier molecular flexibility index (Phi) is 4.28. The molecule has 0 amide bonds. The monoisotopic (exact) mass is 290 g/mol. The van der Waals surface area contributed by atoms with E-state index in [1.54, 1.807) is 37.7 Å². The lowest BCUT2D eigenvalue weighted by atomic mass is 10.1. The van der Waals surface area contributed by atoms with Crippen LogP contribution in [0.5, 0.6) is 0 Å². The maximum absolute atomic E-state index is 12.5.